The minimum atomic E-state index is -0.250. The lowest BCUT2D eigenvalue weighted by atomic mass is 10.0. The van der Waals surface area contributed by atoms with Gasteiger partial charge >= 0.3 is 0 Å². The van der Waals surface area contributed by atoms with Gasteiger partial charge in [-0.2, -0.15) is 0 Å². The normalized spacial score (nSPS) is 12.9. The van der Waals surface area contributed by atoms with E-state index in [1.165, 1.54) is 5.56 Å². The Bertz CT molecular complexity index is 1010. The lowest BCUT2D eigenvalue weighted by Gasteiger charge is -2.30. The minimum Gasteiger partial charge on any atom is -0.461 e. The van der Waals surface area contributed by atoms with Gasteiger partial charge in [0, 0.05) is 30.6 Å². The van der Waals surface area contributed by atoms with Crippen LogP contribution < -0.4 is 15.8 Å². The molecule has 0 unspecified atom stereocenters. The maximum absolute atomic E-state index is 12.3. The van der Waals surface area contributed by atoms with Gasteiger partial charge in [0.15, 0.2) is 0 Å². The first-order valence-electron chi connectivity index (χ1n) is 10.2. The van der Waals surface area contributed by atoms with E-state index >= 15 is 0 Å². The lowest BCUT2D eigenvalue weighted by molar-refractivity contribution is -0.128. The average Bonchev–Trinajstić information content (AvgIpc) is 3.26. The van der Waals surface area contributed by atoms with E-state index in [4.69, 9.17) is 4.42 Å². The molecule has 30 heavy (non-hydrogen) atoms. The summed E-state index contributed by atoms with van der Waals surface area (Å²) in [5, 5.41) is 0. The molecule has 2 heterocycles. The molecule has 0 fully saturated rings. The van der Waals surface area contributed by atoms with Gasteiger partial charge in [0.05, 0.1) is 6.54 Å². The van der Waals surface area contributed by atoms with Crippen molar-refractivity contribution in [2.24, 2.45) is 0 Å². The van der Waals surface area contributed by atoms with Crippen LogP contribution in [0.1, 0.15) is 24.2 Å². The highest BCUT2D eigenvalue weighted by Crippen LogP contribution is 2.26. The number of benzene rings is 2. The van der Waals surface area contributed by atoms with Crippen molar-refractivity contribution in [3.8, 4) is 11.3 Å². The molecule has 1 aliphatic rings. The van der Waals surface area contributed by atoms with Crippen LogP contribution >= 0.6 is 0 Å². The predicted octanol–water partition coefficient (Wildman–Crippen LogP) is 3.48. The Kier molecular flexibility index (Phi) is 6.13. The first-order chi connectivity index (χ1) is 14.7. The van der Waals surface area contributed by atoms with E-state index in [0.29, 0.717) is 6.42 Å². The Morgan fingerprint density at radius 2 is 1.67 bits per heavy atom. The maximum Gasteiger partial charge on any atom is 0.257 e. The van der Waals surface area contributed by atoms with E-state index in [2.05, 4.69) is 16.9 Å². The van der Waals surface area contributed by atoms with Crippen LogP contribution in [-0.2, 0) is 22.4 Å². The Labute approximate surface area is 175 Å². The molecule has 6 nitrogen and oxygen atoms in total. The lowest BCUT2D eigenvalue weighted by Crippen LogP contribution is -2.47. The molecule has 0 bridgehead atoms. The van der Waals surface area contributed by atoms with Crippen molar-refractivity contribution < 1.29 is 14.0 Å². The number of fused-ring (bicyclic) bond motifs is 1. The molecular weight excluding hydrogens is 378 g/mol. The molecule has 0 spiro atoms. The summed E-state index contributed by atoms with van der Waals surface area (Å²) in [5.41, 5.74) is 8.37. The number of para-hydroxylation sites is 1. The van der Waals surface area contributed by atoms with E-state index in [1.54, 1.807) is 0 Å². The van der Waals surface area contributed by atoms with Gasteiger partial charge in [-0.25, -0.2) is 0 Å². The number of carbonyl (C=O) groups is 2. The van der Waals surface area contributed by atoms with Crippen LogP contribution in [0.4, 0.5) is 5.69 Å². The second kappa shape index (κ2) is 9.31. The van der Waals surface area contributed by atoms with E-state index < -0.39 is 0 Å². The molecule has 1 aromatic heterocycles. The van der Waals surface area contributed by atoms with Crippen molar-refractivity contribution in [3.05, 3.63) is 78.1 Å². The summed E-state index contributed by atoms with van der Waals surface area (Å²) in [7, 11) is 0. The first kappa shape index (κ1) is 19.8. The highest BCUT2D eigenvalue weighted by atomic mass is 16.3. The summed E-state index contributed by atoms with van der Waals surface area (Å²) in [6.07, 6.45) is 2.75. The Morgan fingerprint density at radius 3 is 2.53 bits per heavy atom. The molecular formula is C24H25N3O3. The monoisotopic (exact) mass is 403 g/mol. The molecule has 0 saturated carbocycles. The Hall–Kier alpha value is -3.54. The topological polar surface area (TPSA) is 74.6 Å². The molecule has 2 amide bonds. The minimum absolute atomic E-state index is 0.218. The molecule has 0 radical (unpaired) electrons. The van der Waals surface area contributed by atoms with Gasteiger partial charge in [0.2, 0.25) is 5.91 Å². The van der Waals surface area contributed by atoms with Crippen LogP contribution in [0.25, 0.3) is 11.3 Å². The fraction of sp³-hybridized carbons (Fsp3) is 0.250. The number of hydrogen-bond acceptors (Lipinski definition) is 4. The van der Waals surface area contributed by atoms with Crippen LogP contribution in [0, 0.1) is 0 Å². The molecule has 6 heteroatoms. The second-order valence-corrected chi connectivity index (χ2v) is 7.38. The molecule has 154 valence electrons. The van der Waals surface area contributed by atoms with Crippen LogP contribution in [0.3, 0.4) is 0 Å². The van der Waals surface area contributed by atoms with E-state index in [0.717, 1.165) is 42.2 Å². The molecule has 2 N–H and O–H groups in total. The van der Waals surface area contributed by atoms with E-state index in [1.807, 2.05) is 65.6 Å². The SMILES string of the molecule is O=C(CCc1ccc(-c2ccccc2)o1)NNC(=O)CN1CCCc2ccccc21. The first-order valence-corrected chi connectivity index (χ1v) is 10.2. The summed E-state index contributed by atoms with van der Waals surface area (Å²) >= 11 is 0. The number of aryl methyl sites for hydroxylation is 2. The van der Waals surface area contributed by atoms with Gasteiger partial charge in [0.1, 0.15) is 11.5 Å². The summed E-state index contributed by atoms with van der Waals surface area (Å²) in [4.78, 5) is 26.4. The number of anilines is 1. The van der Waals surface area contributed by atoms with Crippen LogP contribution in [0.5, 0.6) is 0 Å². The number of nitrogens with one attached hydrogen (secondary N) is 2. The predicted molar refractivity (Wildman–Crippen MR) is 116 cm³/mol. The smallest absolute Gasteiger partial charge is 0.257 e. The number of carbonyl (C=O) groups excluding carboxylic acids is 2. The molecule has 1 aliphatic heterocycles. The summed E-state index contributed by atoms with van der Waals surface area (Å²) in [6, 6.07) is 21.7. The van der Waals surface area contributed by atoms with Crippen molar-refractivity contribution >= 4 is 17.5 Å². The second-order valence-electron chi connectivity index (χ2n) is 7.38. The molecule has 0 saturated heterocycles. The number of hydrogen-bond donors (Lipinski definition) is 2. The van der Waals surface area contributed by atoms with Gasteiger partial charge < -0.3 is 9.32 Å². The van der Waals surface area contributed by atoms with Crippen LogP contribution in [0.2, 0.25) is 0 Å². The summed E-state index contributed by atoms with van der Waals surface area (Å²) in [5.74, 6) is 1.03. The standard InChI is InChI=1S/C24H25N3O3/c28-23(15-13-20-12-14-22(30-20)19-8-2-1-3-9-19)25-26-24(29)17-27-16-6-10-18-7-4-5-11-21(18)27/h1-5,7-9,11-12,14H,6,10,13,15-17H2,(H,25,28)(H,26,29). The fourth-order valence-electron chi connectivity index (χ4n) is 3.70. The van der Waals surface area contributed by atoms with Crippen molar-refractivity contribution in [2.75, 3.05) is 18.0 Å². The van der Waals surface area contributed by atoms with Crippen molar-refractivity contribution in [1.29, 1.82) is 0 Å². The zero-order chi connectivity index (χ0) is 20.8. The van der Waals surface area contributed by atoms with Gasteiger partial charge in [0.25, 0.3) is 5.91 Å². The van der Waals surface area contributed by atoms with Crippen molar-refractivity contribution in [1.82, 2.24) is 10.9 Å². The van der Waals surface area contributed by atoms with Gasteiger partial charge in [-0.05, 0) is 36.6 Å². The number of furan rings is 1. The van der Waals surface area contributed by atoms with E-state index in [-0.39, 0.29) is 24.8 Å². The quantitative estimate of drug-likeness (QED) is 0.618. The molecule has 2 aromatic carbocycles. The largest absolute Gasteiger partial charge is 0.461 e. The summed E-state index contributed by atoms with van der Waals surface area (Å²) in [6.45, 7) is 1.05. The molecule has 0 aliphatic carbocycles. The van der Waals surface area contributed by atoms with Crippen molar-refractivity contribution in [3.63, 3.8) is 0 Å². The number of amides is 2. The molecule has 4 rings (SSSR count). The van der Waals surface area contributed by atoms with Gasteiger partial charge in [-0.3, -0.25) is 20.4 Å². The van der Waals surface area contributed by atoms with Crippen LogP contribution in [0.15, 0.2) is 71.1 Å². The van der Waals surface area contributed by atoms with Crippen LogP contribution in [-0.4, -0.2) is 24.9 Å². The Balaban J connectivity index is 1.22. The maximum atomic E-state index is 12.3. The number of nitrogens with zero attached hydrogens (tertiary/aromatic N) is 1. The molecule has 0 atom stereocenters. The highest BCUT2D eigenvalue weighted by molar-refractivity contribution is 5.85. The number of rotatable bonds is 6. The Morgan fingerprint density at radius 1 is 0.900 bits per heavy atom. The van der Waals surface area contributed by atoms with Gasteiger partial charge in [-0.15, -0.1) is 0 Å². The highest BCUT2D eigenvalue weighted by Gasteiger charge is 2.18. The third-order valence-electron chi connectivity index (χ3n) is 5.20. The zero-order valence-corrected chi connectivity index (χ0v) is 16.8. The van der Waals surface area contributed by atoms with Gasteiger partial charge in [-0.1, -0.05) is 48.5 Å². The third-order valence-corrected chi connectivity index (χ3v) is 5.20. The third kappa shape index (κ3) is 4.89. The van der Waals surface area contributed by atoms with E-state index in [9.17, 15) is 9.59 Å². The number of hydrazine groups is 1. The summed E-state index contributed by atoms with van der Waals surface area (Å²) < 4.78 is 5.81. The zero-order valence-electron chi connectivity index (χ0n) is 16.8. The fourth-order valence-corrected chi connectivity index (χ4v) is 3.70. The average molecular weight is 403 g/mol. The van der Waals surface area contributed by atoms with Crippen molar-refractivity contribution in [2.45, 2.75) is 25.7 Å². The molecule has 3 aromatic rings.